The third-order valence-corrected chi connectivity index (χ3v) is 2.18. The molecule has 1 radical (unpaired) electrons. The molecule has 0 aromatic heterocycles. The van der Waals surface area contributed by atoms with Gasteiger partial charge in [0.05, 0.1) is 0 Å². The second kappa shape index (κ2) is 1.71. The van der Waals surface area contributed by atoms with E-state index in [-0.39, 0.29) is 0 Å². The van der Waals surface area contributed by atoms with Gasteiger partial charge in [0.1, 0.15) is 0 Å². The third-order valence-electron chi connectivity index (χ3n) is 2.18. The predicted octanol–water partition coefficient (Wildman–Crippen LogP) is -0.418. The van der Waals surface area contributed by atoms with E-state index >= 15 is 0 Å². The normalized spacial score (nSPS) is 45.0. The number of rotatable bonds is 0. The molecule has 0 bridgehead atoms. The van der Waals surface area contributed by atoms with E-state index in [4.69, 9.17) is 0 Å². The van der Waals surface area contributed by atoms with Gasteiger partial charge < -0.3 is 5.32 Å². The van der Waals surface area contributed by atoms with Gasteiger partial charge in [-0.05, 0) is 18.9 Å². The van der Waals surface area contributed by atoms with Gasteiger partial charge in [-0.25, -0.2) is 5.32 Å². The van der Waals surface area contributed by atoms with E-state index in [1.807, 2.05) is 0 Å². The molecule has 0 amide bonds. The van der Waals surface area contributed by atoms with Crippen molar-refractivity contribution in [1.82, 2.24) is 10.6 Å². The minimum absolute atomic E-state index is 0.759. The molecule has 45 valence electrons. The van der Waals surface area contributed by atoms with Crippen molar-refractivity contribution in [3.63, 3.8) is 0 Å². The molecule has 2 heteroatoms. The molecule has 0 aromatic rings. The van der Waals surface area contributed by atoms with Gasteiger partial charge in [0, 0.05) is 19.1 Å². The van der Waals surface area contributed by atoms with Crippen molar-refractivity contribution < 1.29 is 0 Å². The maximum atomic E-state index is 4.31. The van der Waals surface area contributed by atoms with Crippen LogP contribution in [-0.2, 0) is 0 Å². The Morgan fingerprint density at radius 2 is 2.38 bits per heavy atom. The van der Waals surface area contributed by atoms with Gasteiger partial charge >= 0.3 is 0 Å². The van der Waals surface area contributed by atoms with Crippen LogP contribution in [0.5, 0.6) is 0 Å². The number of hydrogen-bond acceptors (Lipinski definition) is 1. The number of nitrogens with zero attached hydrogens (tertiary/aromatic N) is 1. The van der Waals surface area contributed by atoms with E-state index in [1.54, 1.807) is 0 Å². The van der Waals surface area contributed by atoms with E-state index in [1.165, 1.54) is 13.0 Å². The Balaban J connectivity index is 2.04. The fourth-order valence-corrected chi connectivity index (χ4v) is 1.63. The zero-order chi connectivity index (χ0) is 5.40. The SMILES string of the molecule is C1C[C@H]2C[N]C[C@@H]2N1. The van der Waals surface area contributed by atoms with E-state index < -0.39 is 0 Å². The Morgan fingerprint density at radius 3 is 3.25 bits per heavy atom. The lowest BCUT2D eigenvalue weighted by Crippen LogP contribution is -2.26. The van der Waals surface area contributed by atoms with Crippen molar-refractivity contribution in [1.29, 1.82) is 0 Å². The summed E-state index contributed by atoms with van der Waals surface area (Å²) in [4.78, 5) is 0. The van der Waals surface area contributed by atoms with Gasteiger partial charge in [0.25, 0.3) is 0 Å². The first-order valence-corrected chi connectivity index (χ1v) is 3.33. The van der Waals surface area contributed by atoms with Crippen LogP contribution in [0.1, 0.15) is 6.42 Å². The first-order chi connectivity index (χ1) is 3.97. The zero-order valence-corrected chi connectivity index (χ0v) is 4.93. The minimum atomic E-state index is 0.759. The molecule has 2 heterocycles. The molecule has 2 fully saturated rings. The molecule has 2 rings (SSSR count). The first kappa shape index (κ1) is 4.77. The monoisotopic (exact) mass is 111 g/mol. The van der Waals surface area contributed by atoms with E-state index in [2.05, 4.69) is 10.6 Å². The highest BCUT2D eigenvalue weighted by molar-refractivity contribution is 4.91. The molecule has 2 aliphatic heterocycles. The molecular formula is C6H11N2. The van der Waals surface area contributed by atoms with Gasteiger partial charge in [-0.1, -0.05) is 0 Å². The first-order valence-electron chi connectivity index (χ1n) is 3.33. The largest absolute Gasteiger partial charge is 0.312 e. The van der Waals surface area contributed by atoms with Crippen molar-refractivity contribution in [2.45, 2.75) is 12.5 Å². The summed E-state index contributed by atoms with van der Waals surface area (Å²) < 4.78 is 0. The summed E-state index contributed by atoms with van der Waals surface area (Å²) in [7, 11) is 0. The van der Waals surface area contributed by atoms with Crippen LogP contribution in [0.25, 0.3) is 0 Å². The van der Waals surface area contributed by atoms with Crippen LogP contribution in [0.3, 0.4) is 0 Å². The molecule has 0 aromatic carbocycles. The smallest absolute Gasteiger partial charge is 0.0290 e. The molecule has 8 heavy (non-hydrogen) atoms. The van der Waals surface area contributed by atoms with Crippen LogP contribution in [0.15, 0.2) is 0 Å². The van der Waals surface area contributed by atoms with Crippen LogP contribution < -0.4 is 10.6 Å². The fraction of sp³-hybridized carbons (Fsp3) is 1.00. The van der Waals surface area contributed by atoms with Crippen molar-refractivity contribution in [3.8, 4) is 0 Å². The van der Waals surface area contributed by atoms with E-state index in [0.29, 0.717) is 0 Å². The maximum Gasteiger partial charge on any atom is 0.0290 e. The molecule has 0 saturated carbocycles. The van der Waals surface area contributed by atoms with Crippen LogP contribution in [-0.4, -0.2) is 25.7 Å². The van der Waals surface area contributed by atoms with Crippen LogP contribution >= 0.6 is 0 Å². The second-order valence-electron chi connectivity index (χ2n) is 2.70. The topological polar surface area (TPSA) is 26.1 Å². The van der Waals surface area contributed by atoms with Crippen molar-refractivity contribution in [3.05, 3.63) is 0 Å². The average Bonchev–Trinajstić information content (AvgIpc) is 2.15. The molecule has 2 aliphatic rings. The molecule has 2 nitrogen and oxygen atoms in total. The highest BCUT2D eigenvalue weighted by Gasteiger charge is 2.31. The minimum Gasteiger partial charge on any atom is -0.312 e. The Morgan fingerprint density at radius 1 is 1.38 bits per heavy atom. The van der Waals surface area contributed by atoms with Gasteiger partial charge in [-0.2, -0.15) is 0 Å². The second-order valence-corrected chi connectivity index (χ2v) is 2.70. The molecule has 2 atom stereocenters. The number of hydrogen-bond donors (Lipinski definition) is 1. The molecule has 0 unspecified atom stereocenters. The molecule has 2 saturated heterocycles. The van der Waals surface area contributed by atoms with E-state index in [0.717, 1.165) is 25.0 Å². The highest BCUT2D eigenvalue weighted by atomic mass is 15.1. The quantitative estimate of drug-likeness (QED) is 0.451. The van der Waals surface area contributed by atoms with Crippen molar-refractivity contribution in [2.75, 3.05) is 19.6 Å². The summed E-state index contributed by atoms with van der Waals surface area (Å²) in [6, 6.07) is 0.759. The van der Waals surface area contributed by atoms with Gasteiger partial charge in [0.2, 0.25) is 0 Å². The summed E-state index contributed by atoms with van der Waals surface area (Å²) in [5, 5.41) is 7.73. The van der Waals surface area contributed by atoms with Gasteiger partial charge in [0.15, 0.2) is 0 Å². The average molecular weight is 111 g/mol. The molecule has 0 aliphatic carbocycles. The zero-order valence-electron chi connectivity index (χ0n) is 4.93. The maximum absolute atomic E-state index is 4.31. The predicted molar refractivity (Wildman–Crippen MR) is 31.8 cm³/mol. The molecular weight excluding hydrogens is 100 g/mol. The lowest BCUT2D eigenvalue weighted by atomic mass is 10.1. The summed E-state index contributed by atoms with van der Waals surface area (Å²) in [6.45, 7) is 3.42. The summed E-state index contributed by atoms with van der Waals surface area (Å²) in [5.74, 6) is 0.898. The molecule has 0 spiro atoms. The Kier molecular flexibility index (Phi) is 1.02. The van der Waals surface area contributed by atoms with Crippen molar-refractivity contribution >= 4 is 0 Å². The highest BCUT2D eigenvalue weighted by Crippen LogP contribution is 2.18. The number of fused-ring (bicyclic) bond motifs is 1. The standard InChI is InChI=1S/C6H11N2/c1-2-8-6-4-7-3-5(1)6/h5-6,8H,1-4H2/t5-,6-/m0/s1. The summed E-state index contributed by atoms with van der Waals surface area (Å²) >= 11 is 0. The van der Waals surface area contributed by atoms with Gasteiger partial charge in [-0.3, -0.25) is 0 Å². The molecule has 1 N–H and O–H groups in total. The van der Waals surface area contributed by atoms with Crippen molar-refractivity contribution in [2.24, 2.45) is 5.92 Å². The summed E-state index contributed by atoms with van der Waals surface area (Å²) in [5.41, 5.74) is 0. The fourth-order valence-electron chi connectivity index (χ4n) is 1.63. The number of nitrogens with one attached hydrogen (secondary N) is 1. The lowest BCUT2D eigenvalue weighted by molar-refractivity contribution is 0.555. The summed E-state index contributed by atoms with van der Waals surface area (Å²) in [6.07, 6.45) is 1.36. The Bertz CT molecular complexity index is 72.5. The van der Waals surface area contributed by atoms with E-state index in [9.17, 15) is 0 Å². The Labute approximate surface area is 49.7 Å². The third kappa shape index (κ3) is 0.565. The lowest BCUT2D eigenvalue weighted by Gasteiger charge is -2.03. The van der Waals surface area contributed by atoms with Gasteiger partial charge in [-0.15, -0.1) is 0 Å². The van der Waals surface area contributed by atoms with Crippen LogP contribution in [0.4, 0.5) is 0 Å². The van der Waals surface area contributed by atoms with Crippen LogP contribution in [0.2, 0.25) is 0 Å². The van der Waals surface area contributed by atoms with Crippen LogP contribution in [0, 0.1) is 5.92 Å². The Hall–Kier alpha value is -0.0800.